The summed E-state index contributed by atoms with van der Waals surface area (Å²) in [6, 6.07) is 9.92. The van der Waals surface area contributed by atoms with Gasteiger partial charge in [-0.25, -0.2) is 4.79 Å². The van der Waals surface area contributed by atoms with E-state index in [1.165, 1.54) is 0 Å². The monoisotopic (exact) mass is 619 g/mol. The van der Waals surface area contributed by atoms with E-state index < -0.39 is 13.3 Å². The Hall–Kier alpha value is -4.01. The number of carbonyl (C=O) groups is 3. The second kappa shape index (κ2) is 12.4. The third-order valence-electron chi connectivity index (χ3n) is 9.44. The van der Waals surface area contributed by atoms with E-state index in [2.05, 4.69) is 0 Å². The SMILES string of the molecule is Cc1cc(C)c(C(=O)c2c(C)c(C(=O)c3c(C)cc(C)cc3C)c(C)c([P+](=O)C(=O)c3c(C)c(C)cc(C)c3C)c2C)c(C)c1. The van der Waals surface area contributed by atoms with Crippen molar-refractivity contribution in [1.82, 2.24) is 0 Å². The molecule has 0 fully saturated rings. The van der Waals surface area contributed by atoms with Gasteiger partial charge in [0.05, 0.1) is 5.56 Å². The minimum atomic E-state index is -2.68. The van der Waals surface area contributed by atoms with Crippen LogP contribution < -0.4 is 5.30 Å². The lowest BCUT2D eigenvalue weighted by Crippen LogP contribution is -2.25. The van der Waals surface area contributed by atoms with Gasteiger partial charge in [-0.1, -0.05) is 46.0 Å². The van der Waals surface area contributed by atoms with Crippen molar-refractivity contribution in [3.05, 3.63) is 130 Å². The van der Waals surface area contributed by atoms with Gasteiger partial charge >= 0.3 is 13.3 Å². The zero-order valence-electron chi connectivity index (χ0n) is 29.0. The van der Waals surface area contributed by atoms with Crippen LogP contribution in [0.25, 0.3) is 0 Å². The van der Waals surface area contributed by atoms with Crippen molar-refractivity contribution in [2.45, 2.75) is 90.0 Å². The third kappa shape index (κ3) is 5.77. The average Bonchev–Trinajstić information content (AvgIpc) is 2.90. The molecule has 0 aliphatic heterocycles. The molecule has 0 heterocycles. The highest BCUT2D eigenvalue weighted by Crippen LogP contribution is 2.38. The van der Waals surface area contributed by atoms with Gasteiger partial charge in [-0.2, -0.15) is 0 Å². The quantitative estimate of drug-likeness (QED) is 0.153. The maximum absolute atomic E-state index is 14.6. The Morgan fingerprint density at radius 1 is 0.400 bits per heavy atom. The summed E-state index contributed by atoms with van der Waals surface area (Å²) < 4.78 is 14.6. The molecule has 1 atom stereocenters. The number of carbonyl (C=O) groups excluding carboxylic acids is 3. The molecule has 0 radical (unpaired) electrons. The van der Waals surface area contributed by atoms with E-state index in [1.54, 1.807) is 20.8 Å². The summed E-state index contributed by atoms with van der Waals surface area (Å²) in [5.41, 5.74) is 12.2. The molecule has 0 aliphatic rings. The zero-order chi connectivity index (χ0) is 33.8. The van der Waals surface area contributed by atoms with Crippen LogP contribution in [0.3, 0.4) is 0 Å². The van der Waals surface area contributed by atoms with E-state index in [0.717, 1.165) is 55.6 Å². The van der Waals surface area contributed by atoms with Gasteiger partial charge in [-0.15, -0.1) is 0 Å². The first-order valence-corrected chi connectivity index (χ1v) is 16.6. The van der Waals surface area contributed by atoms with Crippen molar-refractivity contribution in [1.29, 1.82) is 0 Å². The van der Waals surface area contributed by atoms with E-state index >= 15 is 0 Å². The summed E-state index contributed by atoms with van der Waals surface area (Å²) in [7, 11) is -2.68. The fourth-order valence-corrected chi connectivity index (χ4v) is 8.83. The fourth-order valence-electron chi connectivity index (χ4n) is 7.26. The number of aryl methyl sites for hydroxylation is 8. The molecule has 0 amide bonds. The van der Waals surface area contributed by atoms with Crippen LogP contribution >= 0.6 is 7.80 Å². The molecule has 1 unspecified atom stereocenters. The highest BCUT2D eigenvalue weighted by Gasteiger charge is 2.42. The highest BCUT2D eigenvalue weighted by atomic mass is 31.1. The summed E-state index contributed by atoms with van der Waals surface area (Å²) in [5.74, 6) is -0.468. The second-order valence-electron chi connectivity index (χ2n) is 12.9. The summed E-state index contributed by atoms with van der Waals surface area (Å²) >= 11 is 0. The van der Waals surface area contributed by atoms with Gasteiger partial charge in [-0.05, 0) is 140 Å². The standard InChI is InChI=1S/C40H44O4P/c1-19-14-23(5)32(24(6)15-19)37(41)34-29(11)35(38(42)33-25(7)16-20(2)17-26(33)8)31(13)39(30(34)12)45(44)40(43)36-27(9)21(3)18-22(4)28(36)10/h14-18H,1-13H3/q+1. The van der Waals surface area contributed by atoms with Gasteiger partial charge in [0.25, 0.3) is 0 Å². The van der Waals surface area contributed by atoms with Crippen LogP contribution in [0.5, 0.6) is 0 Å². The molecule has 4 rings (SSSR count). The largest absolute Gasteiger partial charge is 0.459 e. The highest BCUT2D eigenvalue weighted by molar-refractivity contribution is 7.71. The minimum Gasteiger partial charge on any atom is -0.289 e. The topological polar surface area (TPSA) is 68.3 Å². The molecular formula is C40H44O4P+. The van der Waals surface area contributed by atoms with Crippen molar-refractivity contribution in [2.24, 2.45) is 0 Å². The van der Waals surface area contributed by atoms with Crippen LogP contribution in [-0.2, 0) is 4.57 Å². The first kappa shape index (κ1) is 33.9. The lowest BCUT2D eigenvalue weighted by atomic mass is 9.82. The van der Waals surface area contributed by atoms with Crippen LogP contribution in [0.4, 0.5) is 0 Å². The van der Waals surface area contributed by atoms with Crippen LogP contribution in [0.1, 0.15) is 115 Å². The molecule has 4 aromatic carbocycles. The van der Waals surface area contributed by atoms with E-state index in [9.17, 15) is 18.9 Å². The van der Waals surface area contributed by atoms with Gasteiger partial charge in [0, 0.05) is 33.4 Å². The molecule has 232 valence electrons. The van der Waals surface area contributed by atoms with Crippen molar-refractivity contribution in [2.75, 3.05) is 0 Å². The van der Waals surface area contributed by atoms with Crippen LogP contribution in [0.15, 0.2) is 30.3 Å². The maximum Gasteiger partial charge on any atom is 0.459 e. The number of benzene rings is 4. The predicted octanol–water partition coefficient (Wildman–Crippen LogP) is 9.45. The van der Waals surface area contributed by atoms with Gasteiger partial charge in [0.15, 0.2) is 11.6 Å². The smallest absolute Gasteiger partial charge is 0.289 e. The molecule has 0 aliphatic carbocycles. The molecule has 0 saturated carbocycles. The molecule has 45 heavy (non-hydrogen) atoms. The van der Waals surface area contributed by atoms with Crippen molar-refractivity contribution >= 4 is 30.2 Å². The molecule has 5 heteroatoms. The van der Waals surface area contributed by atoms with Crippen molar-refractivity contribution in [3.63, 3.8) is 0 Å². The van der Waals surface area contributed by atoms with Gasteiger partial charge in [-0.3, -0.25) is 9.59 Å². The number of hydrogen-bond donors (Lipinski definition) is 0. The van der Waals surface area contributed by atoms with E-state index in [-0.39, 0.29) is 16.9 Å². The third-order valence-corrected chi connectivity index (χ3v) is 11.1. The van der Waals surface area contributed by atoms with Gasteiger partial charge in [0.1, 0.15) is 0 Å². The fraction of sp³-hybridized carbons (Fsp3) is 0.325. The number of ketones is 2. The van der Waals surface area contributed by atoms with E-state index in [0.29, 0.717) is 44.5 Å². The molecule has 0 bridgehead atoms. The lowest BCUT2D eigenvalue weighted by Gasteiger charge is -2.20. The molecule has 0 N–H and O–H groups in total. The molecule has 4 nitrogen and oxygen atoms in total. The summed E-state index contributed by atoms with van der Waals surface area (Å²) in [4.78, 5) is 43.3. The summed E-state index contributed by atoms with van der Waals surface area (Å²) in [6.45, 7) is 24.6. The van der Waals surface area contributed by atoms with Crippen molar-refractivity contribution in [3.8, 4) is 0 Å². The van der Waals surface area contributed by atoms with Crippen molar-refractivity contribution < 1.29 is 18.9 Å². The first-order valence-electron chi connectivity index (χ1n) is 15.4. The molecule has 0 aromatic heterocycles. The summed E-state index contributed by atoms with van der Waals surface area (Å²) in [5, 5.41) is 0.273. The van der Waals surface area contributed by atoms with Crippen LogP contribution in [-0.4, -0.2) is 17.1 Å². The Balaban J connectivity index is 2.11. The molecular weight excluding hydrogens is 575 g/mol. The number of hydrogen-bond acceptors (Lipinski definition) is 4. The second-order valence-corrected chi connectivity index (χ2v) is 14.4. The lowest BCUT2D eigenvalue weighted by molar-refractivity contribution is 0.103. The predicted molar refractivity (Wildman–Crippen MR) is 186 cm³/mol. The average molecular weight is 620 g/mol. The Morgan fingerprint density at radius 3 is 1.07 bits per heavy atom. The normalized spacial score (nSPS) is 11.5. The Labute approximate surface area is 269 Å². The first-order chi connectivity index (χ1) is 20.9. The van der Waals surface area contributed by atoms with E-state index in [1.807, 2.05) is 99.6 Å². The molecule has 0 saturated heterocycles. The maximum atomic E-state index is 14.6. The molecule has 0 spiro atoms. The van der Waals surface area contributed by atoms with E-state index in [4.69, 9.17) is 0 Å². The van der Waals surface area contributed by atoms with Gasteiger partial charge in [0.2, 0.25) is 5.30 Å². The Bertz CT molecular complexity index is 1820. The molecule has 4 aromatic rings. The Morgan fingerprint density at radius 2 is 0.733 bits per heavy atom. The van der Waals surface area contributed by atoms with Crippen LogP contribution in [0.2, 0.25) is 0 Å². The number of rotatable bonds is 7. The Kier molecular flexibility index (Phi) is 9.34. The van der Waals surface area contributed by atoms with Gasteiger partial charge < -0.3 is 0 Å². The van der Waals surface area contributed by atoms with Crippen LogP contribution in [0, 0.1) is 90.0 Å². The minimum absolute atomic E-state index is 0.234. The summed E-state index contributed by atoms with van der Waals surface area (Å²) in [6.07, 6.45) is 0. The zero-order valence-corrected chi connectivity index (χ0v) is 29.9.